The molecule has 27 heavy (non-hydrogen) atoms. The van der Waals surface area contributed by atoms with Gasteiger partial charge in [-0.2, -0.15) is 0 Å². The number of amides is 2. The lowest BCUT2D eigenvalue weighted by Crippen LogP contribution is -2.47. The van der Waals surface area contributed by atoms with E-state index < -0.39 is 18.0 Å². The number of nitrogens with two attached hydrogens (primary N) is 1. The number of hydrogen-bond donors (Lipinski definition) is 3. The molecule has 8 heteroatoms. The van der Waals surface area contributed by atoms with Gasteiger partial charge < -0.3 is 25.8 Å². The average Bonchev–Trinajstić information content (AvgIpc) is 2.65. The van der Waals surface area contributed by atoms with Gasteiger partial charge in [-0.25, -0.2) is 9.78 Å². The van der Waals surface area contributed by atoms with Gasteiger partial charge in [0.25, 0.3) is 0 Å². The topological polar surface area (TPSA) is 116 Å². The summed E-state index contributed by atoms with van der Waals surface area (Å²) in [6.45, 7) is 2.66. The third-order valence-electron chi connectivity index (χ3n) is 3.56. The summed E-state index contributed by atoms with van der Waals surface area (Å²) in [7, 11) is 0. The normalized spacial score (nSPS) is 11.4. The van der Waals surface area contributed by atoms with Crippen molar-refractivity contribution in [2.24, 2.45) is 5.73 Å². The number of aromatic nitrogens is 1. The predicted octanol–water partition coefficient (Wildman–Crippen LogP) is 1.60. The van der Waals surface area contributed by atoms with Crippen molar-refractivity contribution in [2.75, 3.05) is 25.1 Å². The van der Waals surface area contributed by atoms with Crippen molar-refractivity contribution in [1.29, 1.82) is 0 Å². The fourth-order valence-corrected chi connectivity index (χ4v) is 2.21. The zero-order valence-corrected chi connectivity index (χ0v) is 15.2. The van der Waals surface area contributed by atoms with Gasteiger partial charge in [0.05, 0.1) is 19.8 Å². The van der Waals surface area contributed by atoms with Gasteiger partial charge >= 0.3 is 6.09 Å². The standard InChI is InChI=1S/C19H24N4O4/c1-14-6-5-9-17(22-14)21-10-11-27-19(25)23-16(18(20)24)13-26-12-15-7-3-2-4-8-15/h2-9,16H,10-13H2,1H3,(H2,20,24)(H,21,22)(H,23,25). The quantitative estimate of drug-likeness (QED) is 0.546. The summed E-state index contributed by atoms with van der Waals surface area (Å²) in [5.74, 6) is 0.00503. The highest BCUT2D eigenvalue weighted by Gasteiger charge is 2.19. The Morgan fingerprint density at radius 2 is 1.93 bits per heavy atom. The van der Waals surface area contributed by atoms with Gasteiger partial charge in [-0.1, -0.05) is 36.4 Å². The van der Waals surface area contributed by atoms with Crippen LogP contribution in [0.5, 0.6) is 0 Å². The zero-order valence-electron chi connectivity index (χ0n) is 15.2. The number of benzene rings is 1. The second-order valence-electron chi connectivity index (χ2n) is 5.83. The van der Waals surface area contributed by atoms with Crippen LogP contribution in [0.15, 0.2) is 48.5 Å². The van der Waals surface area contributed by atoms with E-state index in [1.54, 1.807) is 0 Å². The van der Waals surface area contributed by atoms with Crippen molar-refractivity contribution >= 4 is 17.8 Å². The van der Waals surface area contributed by atoms with E-state index in [0.29, 0.717) is 19.0 Å². The van der Waals surface area contributed by atoms with Gasteiger partial charge in [0.2, 0.25) is 5.91 Å². The number of carbonyl (C=O) groups excluding carboxylic acids is 2. The molecule has 0 aliphatic heterocycles. The second kappa shape index (κ2) is 10.8. The van der Waals surface area contributed by atoms with E-state index in [1.165, 1.54) is 0 Å². The molecular formula is C19H24N4O4. The van der Waals surface area contributed by atoms with Crippen molar-refractivity contribution in [1.82, 2.24) is 10.3 Å². The average molecular weight is 372 g/mol. The molecule has 0 fully saturated rings. The SMILES string of the molecule is Cc1cccc(NCCOC(=O)NC(COCc2ccccc2)C(N)=O)n1. The number of rotatable bonds is 10. The molecule has 0 aliphatic rings. The van der Waals surface area contributed by atoms with Crippen LogP contribution in [0.1, 0.15) is 11.3 Å². The van der Waals surface area contributed by atoms with E-state index >= 15 is 0 Å². The van der Waals surface area contributed by atoms with E-state index in [4.69, 9.17) is 15.2 Å². The van der Waals surface area contributed by atoms with Crippen molar-refractivity contribution < 1.29 is 19.1 Å². The first-order chi connectivity index (χ1) is 13.0. The first-order valence-corrected chi connectivity index (χ1v) is 8.56. The molecule has 1 aromatic carbocycles. The summed E-state index contributed by atoms with van der Waals surface area (Å²) >= 11 is 0. The molecule has 0 spiro atoms. The molecule has 4 N–H and O–H groups in total. The van der Waals surface area contributed by atoms with Gasteiger partial charge in [-0.05, 0) is 24.6 Å². The Hall–Kier alpha value is -3.13. The van der Waals surface area contributed by atoms with Gasteiger partial charge in [-0.3, -0.25) is 4.79 Å². The molecule has 0 bridgehead atoms. The van der Waals surface area contributed by atoms with Crippen LogP contribution in [0.2, 0.25) is 0 Å². The molecule has 2 amide bonds. The Morgan fingerprint density at radius 1 is 1.15 bits per heavy atom. The number of aryl methyl sites for hydroxylation is 1. The van der Waals surface area contributed by atoms with Crippen molar-refractivity contribution in [3.8, 4) is 0 Å². The number of nitrogens with zero attached hydrogens (tertiary/aromatic N) is 1. The maximum absolute atomic E-state index is 11.8. The summed E-state index contributed by atoms with van der Waals surface area (Å²) in [6, 6.07) is 14.1. The van der Waals surface area contributed by atoms with Gasteiger partial charge in [0, 0.05) is 5.69 Å². The Kier molecular flexibility index (Phi) is 8.05. The van der Waals surface area contributed by atoms with Crippen molar-refractivity contribution in [3.05, 3.63) is 59.8 Å². The van der Waals surface area contributed by atoms with Gasteiger partial charge in [0.1, 0.15) is 18.5 Å². The Labute approximate surface area is 158 Å². The molecule has 0 saturated heterocycles. The number of hydrogen-bond acceptors (Lipinski definition) is 6. The predicted molar refractivity (Wildman–Crippen MR) is 101 cm³/mol. The number of pyridine rings is 1. The smallest absolute Gasteiger partial charge is 0.407 e. The molecule has 2 rings (SSSR count). The van der Waals surface area contributed by atoms with Gasteiger partial charge in [-0.15, -0.1) is 0 Å². The zero-order chi connectivity index (χ0) is 19.5. The molecule has 144 valence electrons. The molecule has 0 aliphatic carbocycles. The van der Waals surface area contributed by atoms with Crippen LogP contribution in [0.3, 0.4) is 0 Å². The van der Waals surface area contributed by atoms with Crippen LogP contribution in [0.25, 0.3) is 0 Å². The molecule has 2 aromatic rings. The molecule has 1 unspecified atom stereocenters. The fraction of sp³-hybridized carbons (Fsp3) is 0.316. The van der Waals surface area contributed by atoms with Gasteiger partial charge in [0.15, 0.2) is 0 Å². The minimum atomic E-state index is -0.965. The Balaban J connectivity index is 1.67. The van der Waals surface area contributed by atoms with Crippen molar-refractivity contribution in [3.63, 3.8) is 0 Å². The van der Waals surface area contributed by atoms with Crippen LogP contribution >= 0.6 is 0 Å². The fourth-order valence-electron chi connectivity index (χ4n) is 2.21. The lowest BCUT2D eigenvalue weighted by Gasteiger charge is -2.16. The molecule has 0 radical (unpaired) electrons. The number of carbonyl (C=O) groups is 2. The Bertz CT molecular complexity index is 739. The first kappa shape index (κ1) is 20.2. The highest BCUT2D eigenvalue weighted by atomic mass is 16.5. The third-order valence-corrected chi connectivity index (χ3v) is 3.56. The van der Waals surface area contributed by atoms with Crippen molar-refractivity contribution in [2.45, 2.75) is 19.6 Å². The number of ether oxygens (including phenoxy) is 2. The first-order valence-electron chi connectivity index (χ1n) is 8.56. The van der Waals surface area contributed by atoms with E-state index in [9.17, 15) is 9.59 Å². The maximum Gasteiger partial charge on any atom is 0.407 e. The van der Waals surface area contributed by atoms with Crippen LogP contribution in [-0.4, -0.2) is 42.8 Å². The van der Waals surface area contributed by atoms with E-state index in [-0.39, 0.29) is 13.2 Å². The summed E-state index contributed by atoms with van der Waals surface area (Å²) in [5.41, 5.74) is 7.14. The van der Waals surface area contributed by atoms with Crippen LogP contribution in [-0.2, 0) is 20.9 Å². The number of primary amides is 1. The highest BCUT2D eigenvalue weighted by Crippen LogP contribution is 2.03. The maximum atomic E-state index is 11.8. The summed E-state index contributed by atoms with van der Waals surface area (Å²) in [4.78, 5) is 27.6. The number of nitrogens with one attached hydrogen (secondary N) is 2. The minimum Gasteiger partial charge on any atom is -0.448 e. The van der Waals surface area contributed by atoms with Crippen LogP contribution in [0, 0.1) is 6.92 Å². The van der Waals surface area contributed by atoms with E-state index in [2.05, 4.69) is 15.6 Å². The van der Waals surface area contributed by atoms with E-state index in [1.807, 2.05) is 55.5 Å². The van der Waals surface area contributed by atoms with Crippen LogP contribution in [0.4, 0.5) is 10.6 Å². The van der Waals surface area contributed by atoms with E-state index in [0.717, 1.165) is 11.3 Å². The monoisotopic (exact) mass is 372 g/mol. The number of anilines is 1. The lowest BCUT2D eigenvalue weighted by atomic mass is 10.2. The molecule has 1 atom stereocenters. The highest BCUT2D eigenvalue weighted by molar-refractivity contribution is 5.84. The largest absolute Gasteiger partial charge is 0.448 e. The number of alkyl carbamates (subject to hydrolysis) is 1. The molecular weight excluding hydrogens is 348 g/mol. The third kappa shape index (κ3) is 7.74. The molecule has 8 nitrogen and oxygen atoms in total. The molecule has 1 aromatic heterocycles. The summed E-state index contributed by atoms with van der Waals surface area (Å²) < 4.78 is 10.5. The van der Waals surface area contributed by atoms with Crippen LogP contribution < -0.4 is 16.4 Å². The molecule has 0 saturated carbocycles. The Morgan fingerprint density at radius 3 is 2.63 bits per heavy atom. The summed E-state index contributed by atoms with van der Waals surface area (Å²) in [5, 5.41) is 5.44. The molecule has 1 heterocycles. The second-order valence-corrected chi connectivity index (χ2v) is 5.83. The minimum absolute atomic E-state index is 0.0369. The lowest BCUT2D eigenvalue weighted by molar-refractivity contribution is -0.121. The summed E-state index contributed by atoms with van der Waals surface area (Å²) in [6.07, 6.45) is -0.735.